The molecule has 5 rings (SSSR count). The number of likely N-dealkylation sites (tertiary alicyclic amines) is 2. The number of hydrogen-bond acceptors (Lipinski definition) is 7. The third kappa shape index (κ3) is 4.89. The van der Waals surface area contributed by atoms with Crippen LogP contribution in [0.2, 0.25) is 0 Å². The minimum Gasteiger partial charge on any atom is -0.466 e. The number of fused-ring (bicyclic) bond motifs is 1. The van der Waals surface area contributed by atoms with Crippen LogP contribution in [0.4, 0.5) is 4.79 Å². The molecule has 0 spiro atoms. The normalized spacial score (nSPS) is 33.7. The Morgan fingerprint density at radius 2 is 1.58 bits per heavy atom. The van der Waals surface area contributed by atoms with Crippen molar-refractivity contribution in [3.63, 3.8) is 0 Å². The number of rotatable bonds is 5. The third-order valence-corrected chi connectivity index (χ3v) is 8.90. The molecule has 5 aliphatic rings. The lowest BCUT2D eigenvalue weighted by Crippen LogP contribution is -2.57. The summed E-state index contributed by atoms with van der Waals surface area (Å²) in [6.07, 6.45) is 9.50. The highest BCUT2D eigenvalue weighted by atomic mass is 16.6. The van der Waals surface area contributed by atoms with Crippen molar-refractivity contribution < 1.29 is 19.1 Å². The summed E-state index contributed by atoms with van der Waals surface area (Å²) in [5.41, 5.74) is 0. The summed E-state index contributed by atoms with van der Waals surface area (Å²) in [4.78, 5) is 32.5. The molecule has 0 aromatic heterocycles. The molecule has 186 valence electrons. The number of carbonyl (C=O) groups excluding carboxylic acids is 2. The second-order valence-electron chi connectivity index (χ2n) is 10.6. The van der Waals surface area contributed by atoms with E-state index < -0.39 is 0 Å². The van der Waals surface area contributed by atoms with E-state index in [1.54, 1.807) is 0 Å². The Kier molecular flexibility index (Phi) is 7.42. The van der Waals surface area contributed by atoms with Gasteiger partial charge in [0, 0.05) is 31.2 Å². The van der Waals surface area contributed by atoms with Crippen LogP contribution in [-0.2, 0) is 14.3 Å². The van der Waals surface area contributed by atoms with Gasteiger partial charge < -0.3 is 19.7 Å². The molecule has 1 amide bonds. The third-order valence-electron chi connectivity index (χ3n) is 8.90. The first-order valence-corrected chi connectivity index (χ1v) is 13.5. The molecule has 3 atom stereocenters. The van der Waals surface area contributed by atoms with E-state index in [0.29, 0.717) is 18.7 Å². The predicted molar refractivity (Wildman–Crippen MR) is 125 cm³/mol. The molecule has 1 N–H and O–H groups in total. The van der Waals surface area contributed by atoms with E-state index in [-0.39, 0.29) is 36.2 Å². The predicted octanol–water partition coefficient (Wildman–Crippen LogP) is 2.22. The van der Waals surface area contributed by atoms with Gasteiger partial charge in [0.05, 0.1) is 18.6 Å². The minimum absolute atomic E-state index is 0.0205. The average molecular weight is 463 g/mol. The standard InChI is InChI=1S/C25H42N4O4/c1-2-32-24(30)18-8-14-28(15-9-18)21-4-3-5-22-23(21)33-25(31)29(22)20-10-16-27(17-11-20)19-6-12-26-13-7-19/h18-23,26H,2-17H2,1H3. The Morgan fingerprint density at radius 3 is 2.27 bits per heavy atom. The lowest BCUT2D eigenvalue weighted by atomic mass is 9.84. The van der Waals surface area contributed by atoms with Crippen molar-refractivity contribution in [3.05, 3.63) is 0 Å². The average Bonchev–Trinajstić information content (AvgIpc) is 3.21. The zero-order valence-electron chi connectivity index (χ0n) is 20.3. The van der Waals surface area contributed by atoms with E-state index in [2.05, 4.69) is 20.0 Å². The highest BCUT2D eigenvalue weighted by molar-refractivity contribution is 5.72. The van der Waals surface area contributed by atoms with Crippen molar-refractivity contribution >= 4 is 12.1 Å². The van der Waals surface area contributed by atoms with Crippen LogP contribution in [0, 0.1) is 5.92 Å². The van der Waals surface area contributed by atoms with Crippen LogP contribution in [0.1, 0.15) is 64.7 Å². The Balaban J connectivity index is 1.17. The molecule has 1 aliphatic carbocycles. The number of hydrogen-bond donors (Lipinski definition) is 1. The van der Waals surface area contributed by atoms with Crippen LogP contribution in [0.3, 0.4) is 0 Å². The molecule has 33 heavy (non-hydrogen) atoms. The van der Waals surface area contributed by atoms with Gasteiger partial charge in [-0.2, -0.15) is 0 Å². The molecule has 0 aromatic rings. The van der Waals surface area contributed by atoms with Gasteiger partial charge in [0.25, 0.3) is 0 Å². The molecule has 0 radical (unpaired) electrons. The molecule has 1 saturated carbocycles. The summed E-state index contributed by atoms with van der Waals surface area (Å²) in [7, 11) is 0. The first-order valence-electron chi connectivity index (χ1n) is 13.5. The maximum absolute atomic E-state index is 13.1. The maximum atomic E-state index is 13.1. The maximum Gasteiger partial charge on any atom is 0.410 e. The number of nitrogens with zero attached hydrogens (tertiary/aromatic N) is 3. The van der Waals surface area contributed by atoms with Gasteiger partial charge in [0.1, 0.15) is 6.10 Å². The summed E-state index contributed by atoms with van der Waals surface area (Å²) >= 11 is 0. The monoisotopic (exact) mass is 462 g/mol. The molecule has 0 bridgehead atoms. The summed E-state index contributed by atoms with van der Waals surface area (Å²) < 4.78 is 11.3. The van der Waals surface area contributed by atoms with Crippen molar-refractivity contribution in [1.29, 1.82) is 0 Å². The van der Waals surface area contributed by atoms with E-state index in [0.717, 1.165) is 84.2 Å². The molecule has 5 fully saturated rings. The number of amides is 1. The van der Waals surface area contributed by atoms with Gasteiger partial charge in [0.15, 0.2) is 0 Å². The van der Waals surface area contributed by atoms with Crippen LogP contribution < -0.4 is 5.32 Å². The van der Waals surface area contributed by atoms with Gasteiger partial charge in [-0.3, -0.25) is 14.6 Å². The Hall–Kier alpha value is -1.38. The van der Waals surface area contributed by atoms with E-state index in [1.165, 1.54) is 12.8 Å². The number of carbonyl (C=O) groups is 2. The van der Waals surface area contributed by atoms with Gasteiger partial charge in [0.2, 0.25) is 0 Å². The minimum atomic E-state index is -0.0846. The van der Waals surface area contributed by atoms with Gasteiger partial charge in [-0.05, 0) is 90.9 Å². The second kappa shape index (κ2) is 10.5. The number of ether oxygens (including phenoxy) is 2. The molecule has 4 heterocycles. The second-order valence-corrected chi connectivity index (χ2v) is 10.6. The van der Waals surface area contributed by atoms with Crippen molar-refractivity contribution in [2.24, 2.45) is 5.92 Å². The summed E-state index contributed by atoms with van der Waals surface area (Å²) in [6.45, 7) is 8.56. The smallest absolute Gasteiger partial charge is 0.410 e. The molecular weight excluding hydrogens is 420 g/mol. The van der Waals surface area contributed by atoms with Crippen molar-refractivity contribution in [1.82, 2.24) is 20.0 Å². The molecule has 8 nitrogen and oxygen atoms in total. The lowest BCUT2D eigenvalue weighted by molar-refractivity contribution is -0.150. The first kappa shape index (κ1) is 23.4. The summed E-state index contributed by atoms with van der Waals surface area (Å²) in [5.74, 6) is -0.0266. The van der Waals surface area contributed by atoms with Crippen LogP contribution in [0.15, 0.2) is 0 Å². The molecule has 4 aliphatic heterocycles. The van der Waals surface area contributed by atoms with Gasteiger partial charge in [-0.25, -0.2) is 4.79 Å². The Bertz CT molecular complexity index is 684. The van der Waals surface area contributed by atoms with E-state index in [9.17, 15) is 9.59 Å². The zero-order valence-corrected chi connectivity index (χ0v) is 20.3. The fourth-order valence-corrected chi connectivity index (χ4v) is 7.13. The number of nitrogens with one attached hydrogen (secondary N) is 1. The SMILES string of the molecule is CCOC(=O)C1CCN(C2CCCC3C2OC(=O)N3C2CCN(C3CCNCC3)CC2)CC1. The van der Waals surface area contributed by atoms with E-state index in [1.807, 2.05) is 6.92 Å². The first-order chi connectivity index (χ1) is 16.2. The van der Waals surface area contributed by atoms with Gasteiger partial charge in [-0.15, -0.1) is 0 Å². The van der Waals surface area contributed by atoms with Gasteiger partial charge in [-0.1, -0.05) is 0 Å². The Morgan fingerprint density at radius 1 is 0.909 bits per heavy atom. The molecular formula is C25H42N4O4. The summed E-state index contributed by atoms with van der Waals surface area (Å²) in [6, 6.07) is 1.53. The van der Waals surface area contributed by atoms with Crippen LogP contribution in [0.25, 0.3) is 0 Å². The fraction of sp³-hybridized carbons (Fsp3) is 0.920. The van der Waals surface area contributed by atoms with Gasteiger partial charge >= 0.3 is 12.1 Å². The van der Waals surface area contributed by atoms with E-state index in [4.69, 9.17) is 9.47 Å². The quantitative estimate of drug-likeness (QED) is 0.628. The lowest BCUT2D eigenvalue weighted by Gasteiger charge is -2.45. The van der Waals surface area contributed by atoms with Crippen molar-refractivity contribution in [2.75, 3.05) is 45.9 Å². The topological polar surface area (TPSA) is 74.3 Å². The van der Waals surface area contributed by atoms with Crippen LogP contribution >= 0.6 is 0 Å². The highest BCUT2D eigenvalue weighted by Crippen LogP contribution is 2.39. The largest absolute Gasteiger partial charge is 0.466 e. The molecule has 4 saturated heterocycles. The zero-order chi connectivity index (χ0) is 22.8. The Labute approximate surface area is 198 Å². The molecule has 8 heteroatoms. The summed E-state index contributed by atoms with van der Waals surface area (Å²) in [5, 5.41) is 3.47. The van der Waals surface area contributed by atoms with Crippen molar-refractivity contribution in [3.8, 4) is 0 Å². The number of esters is 1. The van der Waals surface area contributed by atoms with Crippen molar-refractivity contribution in [2.45, 2.75) is 95.0 Å². The number of piperidine rings is 3. The molecule has 0 aromatic carbocycles. The van der Waals surface area contributed by atoms with Crippen LogP contribution in [-0.4, -0.2) is 103 Å². The van der Waals surface area contributed by atoms with E-state index >= 15 is 0 Å². The fourth-order valence-electron chi connectivity index (χ4n) is 7.13. The molecule has 3 unspecified atom stereocenters. The van der Waals surface area contributed by atoms with Crippen LogP contribution in [0.5, 0.6) is 0 Å². The highest BCUT2D eigenvalue weighted by Gasteiger charge is 2.52.